The summed E-state index contributed by atoms with van der Waals surface area (Å²) < 4.78 is 9.91. The molecule has 0 radical (unpaired) electrons. The molecular formula is C17H25ClN2O4. The zero-order valence-electron chi connectivity index (χ0n) is 14.0. The van der Waals surface area contributed by atoms with Gasteiger partial charge in [-0.05, 0) is 43.0 Å². The molecule has 1 aromatic rings. The van der Waals surface area contributed by atoms with Gasteiger partial charge < -0.3 is 20.5 Å². The molecular weight excluding hydrogens is 332 g/mol. The Morgan fingerprint density at radius 2 is 2.04 bits per heavy atom. The SMILES string of the molecule is COC(=O)c1cc(CNC(=O)[C@@H]2CCC[C@@H]2CN)ccc1OC.Cl. The number of rotatable bonds is 6. The quantitative estimate of drug-likeness (QED) is 0.759. The number of esters is 1. The van der Waals surface area contributed by atoms with E-state index in [-0.39, 0.29) is 30.2 Å². The Balaban J connectivity index is 0.00000288. The van der Waals surface area contributed by atoms with Gasteiger partial charge in [0.1, 0.15) is 11.3 Å². The molecule has 1 aliphatic carbocycles. The lowest BCUT2D eigenvalue weighted by molar-refractivity contribution is -0.126. The highest BCUT2D eigenvalue weighted by Gasteiger charge is 2.31. The third-order valence-electron chi connectivity index (χ3n) is 4.43. The van der Waals surface area contributed by atoms with Crippen LogP contribution in [-0.2, 0) is 16.1 Å². The maximum atomic E-state index is 12.3. The number of hydrogen-bond donors (Lipinski definition) is 2. The van der Waals surface area contributed by atoms with Crippen LogP contribution < -0.4 is 15.8 Å². The molecule has 134 valence electrons. The van der Waals surface area contributed by atoms with Crippen LogP contribution in [0.2, 0.25) is 0 Å². The van der Waals surface area contributed by atoms with Crippen LogP contribution in [-0.4, -0.2) is 32.6 Å². The van der Waals surface area contributed by atoms with Crippen LogP contribution in [0.1, 0.15) is 35.2 Å². The van der Waals surface area contributed by atoms with Crippen molar-refractivity contribution in [3.05, 3.63) is 29.3 Å². The Morgan fingerprint density at radius 1 is 1.29 bits per heavy atom. The second-order valence-electron chi connectivity index (χ2n) is 5.78. The Kier molecular flexibility index (Phi) is 8.01. The molecule has 0 unspecified atom stereocenters. The van der Waals surface area contributed by atoms with Gasteiger partial charge in [0, 0.05) is 12.5 Å². The van der Waals surface area contributed by atoms with Crippen LogP contribution in [0.4, 0.5) is 0 Å². The van der Waals surface area contributed by atoms with Gasteiger partial charge >= 0.3 is 5.97 Å². The van der Waals surface area contributed by atoms with Crippen LogP contribution in [0.5, 0.6) is 5.75 Å². The second-order valence-corrected chi connectivity index (χ2v) is 5.78. The topological polar surface area (TPSA) is 90.7 Å². The first-order chi connectivity index (χ1) is 11.1. The molecule has 1 fully saturated rings. The average Bonchev–Trinajstić information content (AvgIpc) is 3.07. The van der Waals surface area contributed by atoms with Gasteiger partial charge in [-0.25, -0.2) is 4.79 Å². The van der Waals surface area contributed by atoms with E-state index in [2.05, 4.69) is 5.32 Å². The zero-order chi connectivity index (χ0) is 16.8. The standard InChI is InChI=1S/C17H24N2O4.ClH/c1-22-15-7-6-11(8-14(15)17(21)23-2)10-19-16(20)13-5-3-4-12(13)9-18;/h6-8,12-13H,3-5,9-10,18H2,1-2H3,(H,19,20);1H/t12-,13-;/m1./s1. The molecule has 0 aromatic heterocycles. The summed E-state index contributed by atoms with van der Waals surface area (Å²) in [5, 5.41) is 2.94. The number of nitrogens with two attached hydrogens (primary N) is 1. The number of hydrogen-bond acceptors (Lipinski definition) is 5. The summed E-state index contributed by atoms with van der Waals surface area (Å²) in [4.78, 5) is 24.1. The van der Waals surface area contributed by atoms with Crippen molar-refractivity contribution in [1.29, 1.82) is 0 Å². The molecule has 0 heterocycles. The lowest BCUT2D eigenvalue weighted by atomic mass is 9.95. The van der Waals surface area contributed by atoms with Gasteiger partial charge in [-0.1, -0.05) is 12.5 Å². The number of methoxy groups -OCH3 is 2. The number of benzene rings is 1. The molecule has 1 amide bonds. The van der Waals surface area contributed by atoms with Gasteiger partial charge in [0.05, 0.1) is 14.2 Å². The van der Waals surface area contributed by atoms with Crippen LogP contribution in [0.3, 0.4) is 0 Å². The molecule has 2 atom stereocenters. The van der Waals surface area contributed by atoms with Crippen molar-refractivity contribution in [3.8, 4) is 5.75 Å². The molecule has 1 saturated carbocycles. The Morgan fingerprint density at radius 3 is 2.67 bits per heavy atom. The summed E-state index contributed by atoms with van der Waals surface area (Å²) in [7, 11) is 2.82. The van der Waals surface area contributed by atoms with Gasteiger partial charge in [0.25, 0.3) is 0 Å². The fourth-order valence-corrected chi connectivity index (χ4v) is 3.12. The van der Waals surface area contributed by atoms with E-state index in [9.17, 15) is 9.59 Å². The number of carbonyl (C=O) groups excluding carboxylic acids is 2. The predicted octanol–water partition coefficient (Wildman–Crippen LogP) is 1.89. The largest absolute Gasteiger partial charge is 0.496 e. The highest BCUT2D eigenvalue weighted by Crippen LogP contribution is 2.31. The summed E-state index contributed by atoms with van der Waals surface area (Å²) in [5.74, 6) is 0.295. The van der Waals surface area contributed by atoms with Crippen molar-refractivity contribution < 1.29 is 19.1 Å². The molecule has 0 aliphatic heterocycles. The maximum Gasteiger partial charge on any atom is 0.341 e. The summed E-state index contributed by atoms with van der Waals surface area (Å²) in [6.45, 7) is 0.910. The maximum absolute atomic E-state index is 12.3. The molecule has 6 nitrogen and oxygen atoms in total. The van der Waals surface area contributed by atoms with E-state index >= 15 is 0 Å². The van der Waals surface area contributed by atoms with Crippen molar-refractivity contribution in [2.24, 2.45) is 17.6 Å². The molecule has 0 bridgehead atoms. The average molecular weight is 357 g/mol. The molecule has 0 saturated heterocycles. The normalized spacial score (nSPS) is 19.3. The van der Waals surface area contributed by atoms with Crippen molar-refractivity contribution >= 4 is 24.3 Å². The van der Waals surface area contributed by atoms with E-state index in [4.69, 9.17) is 15.2 Å². The molecule has 24 heavy (non-hydrogen) atoms. The monoisotopic (exact) mass is 356 g/mol. The lowest BCUT2D eigenvalue weighted by Crippen LogP contribution is -2.34. The predicted molar refractivity (Wildman–Crippen MR) is 93.3 cm³/mol. The smallest absolute Gasteiger partial charge is 0.341 e. The lowest BCUT2D eigenvalue weighted by Gasteiger charge is -2.17. The van der Waals surface area contributed by atoms with Crippen molar-refractivity contribution in [2.75, 3.05) is 20.8 Å². The summed E-state index contributed by atoms with van der Waals surface area (Å²) in [6.07, 6.45) is 2.96. The van der Waals surface area contributed by atoms with Crippen LogP contribution >= 0.6 is 12.4 Å². The first-order valence-corrected chi connectivity index (χ1v) is 7.83. The highest BCUT2D eigenvalue weighted by molar-refractivity contribution is 5.92. The minimum atomic E-state index is -0.464. The van der Waals surface area contributed by atoms with E-state index in [0.29, 0.717) is 24.4 Å². The Hall–Kier alpha value is -1.79. The minimum absolute atomic E-state index is 0. The first kappa shape index (κ1) is 20.3. The summed E-state index contributed by atoms with van der Waals surface area (Å²) in [5.41, 5.74) is 6.90. The molecule has 1 aromatic carbocycles. The van der Waals surface area contributed by atoms with E-state index < -0.39 is 5.97 Å². The van der Waals surface area contributed by atoms with Gasteiger partial charge in [0.2, 0.25) is 5.91 Å². The molecule has 3 N–H and O–H groups in total. The molecule has 0 spiro atoms. The van der Waals surface area contributed by atoms with E-state index in [0.717, 1.165) is 24.8 Å². The molecule has 7 heteroatoms. The highest BCUT2D eigenvalue weighted by atomic mass is 35.5. The third kappa shape index (κ3) is 4.61. The van der Waals surface area contributed by atoms with Crippen molar-refractivity contribution in [3.63, 3.8) is 0 Å². The van der Waals surface area contributed by atoms with Crippen LogP contribution in [0, 0.1) is 11.8 Å². The Bertz CT molecular complexity index is 580. The van der Waals surface area contributed by atoms with Gasteiger partial charge in [-0.2, -0.15) is 0 Å². The van der Waals surface area contributed by atoms with Crippen LogP contribution in [0.15, 0.2) is 18.2 Å². The fraction of sp³-hybridized carbons (Fsp3) is 0.529. The minimum Gasteiger partial charge on any atom is -0.496 e. The van der Waals surface area contributed by atoms with E-state index in [1.807, 2.05) is 6.07 Å². The van der Waals surface area contributed by atoms with Crippen molar-refractivity contribution in [1.82, 2.24) is 5.32 Å². The van der Waals surface area contributed by atoms with Crippen LogP contribution in [0.25, 0.3) is 0 Å². The zero-order valence-corrected chi connectivity index (χ0v) is 14.9. The van der Waals surface area contributed by atoms with Gasteiger partial charge in [-0.3, -0.25) is 4.79 Å². The van der Waals surface area contributed by atoms with E-state index in [1.165, 1.54) is 14.2 Å². The summed E-state index contributed by atoms with van der Waals surface area (Å²) >= 11 is 0. The Labute approximate surface area is 148 Å². The first-order valence-electron chi connectivity index (χ1n) is 7.83. The van der Waals surface area contributed by atoms with Gasteiger partial charge in [-0.15, -0.1) is 12.4 Å². The fourth-order valence-electron chi connectivity index (χ4n) is 3.12. The van der Waals surface area contributed by atoms with Crippen molar-refractivity contribution in [2.45, 2.75) is 25.8 Å². The number of halogens is 1. The third-order valence-corrected chi connectivity index (χ3v) is 4.43. The molecule has 1 aliphatic rings. The van der Waals surface area contributed by atoms with Gasteiger partial charge in [0.15, 0.2) is 0 Å². The van der Waals surface area contributed by atoms with E-state index in [1.54, 1.807) is 12.1 Å². The number of carbonyl (C=O) groups is 2. The number of ether oxygens (including phenoxy) is 2. The molecule has 2 rings (SSSR count). The second kappa shape index (κ2) is 9.49. The number of nitrogens with one attached hydrogen (secondary N) is 1. The number of amides is 1. The summed E-state index contributed by atoms with van der Waals surface area (Å²) in [6, 6.07) is 5.20.